The molecule has 1 aromatic carbocycles. The lowest BCUT2D eigenvalue weighted by molar-refractivity contribution is -0.385. The summed E-state index contributed by atoms with van der Waals surface area (Å²) < 4.78 is 4.46. The first-order valence-electron chi connectivity index (χ1n) is 4.80. The van der Waals surface area contributed by atoms with Gasteiger partial charge < -0.3 is 10.5 Å². The number of amides is 1. The lowest BCUT2D eigenvalue weighted by Crippen LogP contribution is -2.06. The van der Waals surface area contributed by atoms with E-state index in [4.69, 9.17) is 5.73 Å². The molecule has 0 saturated heterocycles. The molecule has 0 aliphatic heterocycles. The second-order valence-electron chi connectivity index (χ2n) is 3.26. The predicted octanol–water partition coefficient (Wildman–Crippen LogP) is 0.880. The monoisotopic (exact) mass is 250 g/mol. The summed E-state index contributed by atoms with van der Waals surface area (Å²) in [6.45, 7) is 0. The van der Waals surface area contributed by atoms with Crippen LogP contribution in [-0.4, -0.2) is 23.9 Å². The summed E-state index contributed by atoms with van der Waals surface area (Å²) in [5, 5.41) is 10.8. The number of primary amides is 1. The molecule has 0 atom stereocenters. The van der Waals surface area contributed by atoms with Crippen molar-refractivity contribution in [3.05, 3.63) is 45.5 Å². The number of esters is 1. The van der Waals surface area contributed by atoms with Crippen LogP contribution >= 0.6 is 0 Å². The fraction of sp³-hybridized carbons (Fsp3) is 0.0909. The van der Waals surface area contributed by atoms with Crippen LogP contribution in [0, 0.1) is 10.1 Å². The summed E-state index contributed by atoms with van der Waals surface area (Å²) in [4.78, 5) is 32.0. The molecule has 0 spiro atoms. The molecule has 0 fully saturated rings. The molecule has 0 aliphatic rings. The van der Waals surface area contributed by atoms with E-state index in [9.17, 15) is 19.7 Å². The first-order chi connectivity index (χ1) is 8.45. The highest BCUT2D eigenvalue weighted by Crippen LogP contribution is 2.22. The molecule has 1 amide bonds. The quantitative estimate of drug-likeness (QED) is 0.369. The van der Waals surface area contributed by atoms with E-state index in [0.717, 1.165) is 12.1 Å². The molecule has 18 heavy (non-hydrogen) atoms. The third-order valence-electron chi connectivity index (χ3n) is 2.08. The summed E-state index contributed by atoms with van der Waals surface area (Å²) >= 11 is 0. The van der Waals surface area contributed by atoms with Gasteiger partial charge in [0.05, 0.1) is 23.2 Å². The number of carbonyl (C=O) groups excluding carboxylic acids is 2. The van der Waals surface area contributed by atoms with Crippen LogP contribution in [0.2, 0.25) is 0 Å². The van der Waals surface area contributed by atoms with Gasteiger partial charge >= 0.3 is 5.97 Å². The van der Waals surface area contributed by atoms with Gasteiger partial charge in [0.25, 0.3) is 5.69 Å². The van der Waals surface area contributed by atoms with Crippen molar-refractivity contribution in [3.8, 4) is 0 Å². The van der Waals surface area contributed by atoms with Gasteiger partial charge in [-0.05, 0) is 18.2 Å². The molecule has 1 aromatic rings. The Morgan fingerprint density at radius 2 is 2.11 bits per heavy atom. The summed E-state index contributed by atoms with van der Waals surface area (Å²) in [6, 6.07) is 3.77. The molecule has 7 heteroatoms. The zero-order valence-electron chi connectivity index (χ0n) is 9.45. The SMILES string of the molecule is COC(=O)c1ccc(/C=C\C(N)=O)c([N+](=O)[O-])c1. The Hall–Kier alpha value is -2.70. The summed E-state index contributed by atoms with van der Waals surface area (Å²) in [5.41, 5.74) is 4.82. The van der Waals surface area contributed by atoms with Crippen molar-refractivity contribution in [3.63, 3.8) is 0 Å². The van der Waals surface area contributed by atoms with E-state index in [0.29, 0.717) is 0 Å². The zero-order chi connectivity index (χ0) is 13.7. The maximum atomic E-state index is 11.2. The van der Waals surface area contributed by atoms with Gasteiger partial charge in [0.15, 0.2) is 0 Å². The first kappa shape index (κ1) is 13.4. The average Bonchev–Trinajstić information content (AvgIpc) is 2.34. The molecule has 2 N–H and O–H groups in total. The molecule has 0 heterocycles. The van der Waals surface area contributed by atoms with E-state index >= 15 is 0 Å². The van der Waals surface area contributed by atoms with Crippen molar-refractivity contribution in [1.29, 1.82) is 0 Å². The fourth-order valence-electron chi connectivity index (χ4n) is 1.26. The zero-order valence-corrected chi connectivity index (χ0v) is 9.45. The van der Waals surface area contributed by atoms with Gasteiger partial charge in [0.1, 0.15) is 0 Å². The van der Waals surface area contributed by atoms with Crippen LogP contribution < -0.4 is 5.73 Å². The Morgan fingerprint density at radius 1 is 1.44 bits per heavy atom. The predicted molar refractivity (Wildman–Crippen MR) is 62.7 cm³/mol. The molecule has 0 radical (unpaired) electrons. The van der Waals surface area contributed by atoms with Crippen molar-refractivity contribution in [2.24, 2.45) is 5.73 Å². The van der Waals surface area contributed by atoms with E-state index in [1.54, 1.807) is 0 Å². The number of benzene rings is 1. The van der Waals surface area contributed by atoms with Crippen LogP contribution in [0.1, 0.15) is 15.9 Å². The third-order valence-corrected chi connectivity index (χ3v) is 2.08. The maximum absolute atomic E-state index is 11.2. The lowest BCUT2D eigenvalue weighted by Gasteiger charge is -2.01. The fourth-order valence-corrected chi connectivity index (χ4v) is 1.26. The highest BCUT2D eigenvalue weighted by Gasteiger charge is 2.16. The van der Waals surface area contributed by atoms with E-state index in [2.05, 4.69) is 4.74 Å². The maximum Gasteiger partial charge on any atom is 0.338 e. The smallest absolute Gasteiger partial charge is 0.338 e. The number of hydrogen-bond donors (Lipinski definition) is 1. The topological polar surface area (TPSA) is 113 Å². The third kappa shape index (κ3) is 3.14. The van der Waals surface area contributed by atoms with Gasteiger partial charge in [0, 0.05) is 12.1 Å². The molecule has 0 bridgehead atoms. The van der Waals surface area contributed by atoms with Gasteiger partial charge in [-0.25, -0.2) is 4.79 Å². The van der Waals surface area contributed by atoms with Gasteiger partial charge in [0.2, 0.25) is 5.91 Å². The van der Waals surface area contributed by atoms with Crippen LogP contribution in [0.15, 0.2) is 24.3 Å². The molecular weight excluding hydrogens is 240 g/mol. The van der Waals surface area contributed by atoms with Gasteiger partial charge in [-0.1, -0.05) is 0 Å². The minimum atomic E-state index is -0.721. The van der Waals surface area contributed by atoms with Crippen molar-refractivity contribution in [1.82, 2.24) is 0 Å². The Kier molecular flexibility index (Phi) is 4.14. The van der Waals surface area contributed by atoms with E-state index in [1.807, 2.05) is 0 Å². The Bertz CT molecular complexity index is 536. The van der Waals surface area contributed by atoms with Crippen LogP contribution in [0.25, 0.3) is 6.08 Å². The normalized spacial score (nSPS) is 10.3. The standard InChI is InChI=1S/C11H10N2O5/c1-18-11(15)8-3-2-7(4-5-10(12)14)9(6-8)13(16)17/h2-6H,1H3,(H2,12,14)/b5-4-. The second-order valence-corrected chi connectivity index (χ2v) is 3.26. The van der Waals surface area contributed by atoms with Crippen molar-refractivity contribution in [2.45, 2.75) is 0 Å². The van der Waals surface area contributed by atoms with Crippen molar-refractivity contribution < 1.29 is 19.2 Å². The number of nitro groups is 1. The van der Waals surface area contributed by atoms with Crippen LogP contribution in [0.4, 0.5) is 5.69 Å². The lowest BCUT2D eigenvalue weighted by atomic mass is 10.1. The largest absolute Gasteiger partial charge is 0.465 e. The number of carbonyl (C=O) groups is 2. The number of methoxy groups -OCH3 is 1. The minimum Gasteiger partial charge on any atom is -0.465 e. The molecule has 0 aromatic heterocycles. The Morgan fingerprint density at radius 3 is 2.61 bits per heavy atom. The van der Waals surface area contributed by atoms with Crippen LogP contribution in [-0.2, 0) is 9.53 Å². The highest BCUT2D eigenvalue weighted by molar-refractivity contribution is 5.93. The summed E-state index contributed by atoms with van der Waals surface area (Å²) in [6.07, 6.45) is 2.21. The second kappa shape index (κ2) is 5.58. The molecule has 1 rings (SSSR count). The first-order valence-corrected chi connectivity index (χ1v) is 4.80. The van der Waals surface area contributed by atoms with Crippen molar-refractivity contribution >= 4 is 23.6 Å². The van der Waals surface area contributed by atoms with Crippen LogP contribution in [0.3, 0.4) is 0 Å². The average molecular weight is 250 g/mol. The Labute approximate surface area is 102 Å². The summed E-state index contributed by atoms with van der Waals surface area (Å²) in [7, 11) is 1.18. The number of nitrogens with two attached hydrogens (primary N) is 1. The molecule has 0 saturated carbocycles. The van der Waals surface area contributed by atoms with Gasteiger partial charge in [-0.2, -0.15) is 0 Å². The number of rotatable bonds is 4. The number of nitro benzene ring substituents is 1. The molecule has 7 nitrogen and oxygen atoms in total. The van der Waals surface area contributed by atoms with Crippen LogP contribution in [0.5, 0.6) is 0 Å². The molecule has 0 aliphatic carbocycles. The Balaban J connectivity index is 3.25. The van der Waals surface area contributed by atoms with Gasteiger partial charge in [-0.3, -0.25) is 14.9 Å². The van der Waals surface area contributed by atoms with E-state index in [-0.39, 0.29) is 16.8 Å². The molecule has 94 valence electrons. The number of nitrogens with zero attached hydrogens (tertiary/aromatic N) is 1. The molecule has 0 unspecified atom stereocenters. The molecular formula is C11H10N2O5. The highest BCUT2D eigenvalue weighted by atomic mass is 16.6. The van der Waals surface area contributed by atoms with E-state index in [1.165, 1.54) is 25.3 Å². The minimum absolute atomic E-state index is 0.0559. The number of hydrogen-bond acceptors (Lipinski definition) is 5. The summed E-state index contributed by atoms with van der Waals surface area (Å²) in [5.74, 6) is -1.40. The van der Waals surface area contributed by atoms with Gasteiger partial charge in [-0.15, -0.1) is 0 Å². The van der Waals surface area contributed by atoms with Crippen molar-refractivity contribution in [2.75, 3.05) is 7.11 Å². The number of ether oxygens (including phenoxy) is 1. The van der Waals surface area contributed by atoms with E-state index < -0.39 is 16.8 Å².